The fourth-order valence-electron chi connectivity index (χ4n) is 0.0891. The number of carbonyl (C=O) groups is 2. The second-order valence-electron chi connectivity index (χ2n) is 1.49. The molecule has 0 aliphatic rings. The fourth-order valence-corrected chi connectivity index (χ4v) is 0.598. The van der Waals surface area contributed by atoms with E-state index >= 15 is 0 Å². The zero-order valence-corrected chi connectivity index (χ0v) is 19.7. The SMILES string of the molecule is O=C([O-])/C(I)=C/I.O=C([O-])/C(I)=C/I.[Cd+2]. The van der Waals surface area contributed by atoms with Crippen LogP contribution in [0.5, 0.6) is 0 Å². The van der Waals surface area contributed by atoms with Crippen molar-refractivity contribution in [3.05, 3.63) is 15.3 Å². The first-order chi connectivity index (χ1) is 6.36. The summed E-state index contributed by atoms with van der Waals surface area (Å²) >= 11 is 7.05. The molecule has 80 valence electrons. The van der Waals surface area contributed by atoms with Crippen molar-refractivity contribution in [2.24, 2.45) is 0 Å². The second kappa shape index (κ2) is 14.3. The number of hydrogen-bond acceptors (Lipinski definition) is 4. The van der Waals surface area contributed by atoms with Crippen molar-refractivity contribution >= 4 is 102 Å². The van der Waals surface area contributed by atoms with E-state index in [9.17, 15) is 19.8 Å². The predicted octanol–water partition coefficient (Wildman–Crippen LogP) is 0.893. The van der Waals surface area contributed by atoms with Crippen LogP contribution in [-0.2, 0) is 36.9 Å². The van der Waals surface area contributed by atoms with Crippen LogP contribution in [0, 0.1) is 0 Å². The van der Waals surface area contributed by atoms with Crippen LogP contribution in [0.15, 0.2) is 15.3 Å². The van der Waals surface area contributed by atoms with Crippen molar-refractivity contribution in [2.45, 2.75) is 0 Å². The Morgan fingerprint density at radius 3 is 1.07 bits per heavy atom. The van der Waals surface area contributed by atoms with Crippen molar-refractivity contribution in [1.82, 2.24) is 0 Å². The van der Waals surface area contributed by atoms with Gasteiger partial charge in [-0.3, -0.25) is 0 Å². The molecule has 0 aliphatic heterocycles. The number of rotatable bonds is 2. The molecule has 0 saturated carbocycles. The molecule has 9 heteroatoms. The average Bonchev–Trinajstić information content (AvgIpc) is 2.15. The molecule has 0 atom stereocenters. The monoisotopic (exact) mass is 760 g/mol. The molecule has 15 heavy (non-hydrogen) atoms. The summed E-state index contributed by atoms with van der Waals surface area (Å²) in [7, 11) is 0. The molecule has 0 N–H and O–H groups in total. The van der Waals surface area contributed by atoms with Gasteiger partial charge >= 0.3 is 27.3 Å². The average molecular weight is 758 g/mol. The predicted molar refractivity (Wildman–Crippen MR) is 82.3 cm³/mol. The smallest absolute Gasteiger partial charge is 0.544 e. The quantitative estimate of drug-likeness (QED) is 0.239. The van der Waals surface area contributed by atoms with E-state index in [1.54, 1.807) is 45.2 Å². The first kappa shape index (κ1) is 22.4. The maximum Gasteiger partial charge on any atom is 2.00 e. The van der Waals surface area contributed by atoms with E-state index in [0.717, 1.165) is 0 Å². The summed E-state index contributed by atoms with van der Waals surface area (Å²) in [5.74, 6) is -2.23. The van der Waals surface area contributed by atoms with Crippen molar-refractivity contribution in [3.8, 4) is 0 Å². The topological polar surface area (TPSA) is 80.3 Å². The van der Waals surface area contributed by atoms with Crippen LogP contribution in [0.2, 0.25) is 0 Å². The molecule has 0 spiro atoms. The van der Waals surface area contributed by atoms with Gasteiger partial charge in [-0.15, -0.1) is 0 Å². The second-order valence-corrected chi connectivity index (χ2v) is 5.06. The third kappa shape index (κ3) is 16.3. The number of hydrogen-bond donors (Lipinski definition) is 0. The maximum absolute atomic E-state index is 9.74. The van der Waals surface area contributed by atoms with Gasteiger partial charge in [-0.25, -0.2) is 0 Å². The van der Waals surface area contributed by atoms with Gasteiger partial charge in [-0.1, -0.05) is 45.2 Å². The van der Waals surface area contributed by atoms with Crippen LogP contribution in [-0.4, -0.2) is 11.9 Å². The number of carboxylic acids is 2. The molecular formula is C6H2CdI4O4. The van der Waals surface area contributed by atoms with Crippen LogP contribution in [0.3, 0.4) is 0 Å². The summed E-state index contributed by atoms with van der Waals surface area (Å²) in [6.07, 6.45) is 0. The molecule has 0 amide bonds. The van der Waals surface area contributed by atoms with Gasteiger partial charge in [0.05, 0.1) is 11.9 Å². The molecule has 0 heterocycles. The molecular weight excluding hydrogens is 756 g/mol. The van der Waals surface area contributed by atoms with Crippen LogP contribution in [0.1, 0.15) is 0 Å². The van der Waals surface area contributed by atoms with Crippen molar-refractivity contribution in [1.29, 1.82) is 0 Å². The Kier molecular flexibility index (Phi) is 21.4. The van der Waals surface area contributed by atoms with Crippen molar-refractivity contribution in [2.75, 3.05) is 0 Å². The molecule has 0 aliphatic carbocycles. The summed E-state index contributed by atoms with van der Waals surface area (Å²) in [5, 5.41) is 19.5. The largest absolute Gasteiger partial charge is 2.00 e. The van der Waals surface area contributed by atoms with E-state index in [4.69, 9.17) is 0 Å². The summed E-state index contributed by atoms with van der Waals surface area (Å²) in [5.41, 5.74) is 0. The Morgan fingerprint density at radius 1 is 0.867 bits per heavy atom. The van der Waals surface area contributed by atoms with Gasteiger partial charge in [0, 0.05) is 7.16 Å². The van der Waals surface area contributed by atoms with Crippen LogP contribution >= 0.6 is 90.4 Å². The molecule has 0 rings (SSSR count). The van der Waals surface area contributed by atoms with Gasteiger partial charge in [0.1, 0.15) is 0 Å². The minimum absolute atomic E-state index is 0. The molecule has 0 aromatic carbocycles. The van der Waals surface area contributed by atoms with E-state index in [-0.39, 0.29) is 34.5 Å². The number of carboxylic acid groups (broad SMARTS) is 2. The molecule has 0 aromatic rings. The Morgan fingerprint density at radius 2 is 1.07 bits per heavy atom. The third-order valence-electron chi connectivity index (χ3n) is 0.582. The summed E-state index contributed by atoms with van der Waals surface area (Å²) in [4.78, 5) is 19.5. The summed E-state index contributed by atoms with van der Waals surface area (Å²) in [6.45, 7) is 0. The standard InChI is InChI=1S/2C3H2I2O2.Cd/c2*4-1-2(5)3(6)7;/h2*1H,(H,6,7);/q;;+2/p-2/b2*2-1-;. The van der Waals surface area contributed by atoms with E-state index in [0.29, 0.717) is 0 Å². The van der Waals surface area contributed by atoms with Crippen LogP contribution < -0.4 is 10.2 Å². The van der Waals surface area contributed by atoms with E-state index in [1.807, 2.05) is 45.2 Å². The van der Waals surface area contributed by atoms with Crippen LogP contribution in [0.25, 0.3) is 0 Å². The molecule has 0 bridgehead atoms. The van der Waals surface area contributed by atoms with Gasteiger partial charge in [0.25, 0.3) is 0 Å². The molecule has 0 unspecified atom stereocenters. The summed E-state index contributed by atoms with van der Waals surface area (Å²) in [6, 6.07) is 0. The van der Waals surface area contributed by atoms with Gasteiger partial charge < -0.3 is 19.8 Å². The molecule has 0 radical (unpaired) electrons. The fraction of sp³-hybridized carbons (Fsp3) is 0. The molecule has 0 aromatic heterocycles. The Hall–Kier alpha value is 2.26. The zero-order valence-electron chi connectivity index (χ0n) is 7.01. The third-order valence-corrected chi connectivity index (χ3v) is 5.71. The number of halogens is 4. The summed E-state index contributed by atoms with van der Waals surface area (Å²) < 4.78 is 3.37. The maximum atomic E-state index is 9.74. The number of aliphatic carboxylic acids is 2. The molecule has 0 fully saturated rings. The first-order valence-electron chi connectivity index (χ1n) is 2.71. The Bertz CT molecular complexity index is 248. The van der Waals surface area contributed by atoms with E-state index in [1.165, 1.54) is 8.17 Å². The Balaban J connectivity index is -0.000000180. The molecule has 4 nitrogen and oxygen atoms in total. The first-order valence-corrected chi connectivity index (χ1v) is 7.36. The van der Waals surface area contributed by atoms with E-state index in [2.05, 4.69) is 0 Å². The minimum atomic E-state index is -1.12. The van der Waals surface area contributed by atoms with Crippen molar-refractivity contribution in [3.63, 3.8) is 0 Å². The van der Waals surface area contributed by atoms with Gasteiger partial charge in [-0.2, -0.15) is 0 Å². The molecule has 0 saturated heterocycles. The van der Waals surface area contributed by atoms with Gasteiger partial charge in [0.2, 0.25) is 0 Å². The van der Waals surface area contributed by atoms with Crippen LogP contribution in [0.4, 0.5) is 0 Å². The zero-order chi connectivity index (χ0) is 11.7. The van der Waals surface area contributed by atoms with E-state index < -0.39 is 11.9 Å². The number of carbonyl (C=O) groups excluding carboxylic acids is 2. The normalized spacial score (nSPS) is 10.7. The minimum Gasteiger partial charge on any atom is -0.544 e. The van der Waals surface area contributed by atoms with Gasteiger partial charge in [0.15, 0.2) is 0 Å². The Labute approximate surface area is 161 Å². The van der Waals surface area contributed by atoms with Gasteiger partial charge in [-0.05, 0) is 53.3 Å². The van der Waals surface area contributed by atoms with Crippen molar-refractivity contribution < 1.29 is 47.1 Å².